The maximum Gasteiger partial charge on any atom is 0.229 e. The monoisotopic (exact) mass is 402 g/mol. The van der Waals surface area contributed by atoms with Crippen LogP contribution in [0.25, 0.3) is 21.2 Å². The number of aryl methyl sites for hydroxylation is 1. The fraction of sp³-hybridized carbons (Fsp3) is 0.211. The molecule has 3 rings (SSSR count). The van der Waals surface area contributed by atoms with Gasteiger partial charge in [0.1, 0.15) is 5.84 Å². The van der Waals surface area contributed by atoms with Gasteiger partial charge in [-0.15, -0.1) is 11.3 Å². The average molecular weight is 403 g/mol. The van der Waals surface area contributed by atoms with Gasteiger partial charge in [-0.1, -0.05) is 24.3 Å². The van der Waals surface area contributed by atoms with E-state index in [-0.39, 0.29) is 0 Å². The molecule has 2 aromatic carbocycles. The molecule has 0 atom stereocenters. The van der Waals surface area contributed by atoms with E-state index in [1.54, 1.807) is 30.5 Å². The maximum atomic E-state index is 11.4. The standard InChI is InChI=1S/C19H22N4O2S2/c1-11-14(12-5-7-13(8-6-12)23-27(4,24)25)9-10-15-16(21-2)18(19(20)22-3)26-17(11)15/h5-10,21,23H,1-4H3,(H2,20,22). The first-order valence-electron chi connectivity index (χ1n) is 8.30. The summed E-state index contributed by atoms with van der Waals surface area (Å²) in [5.74, 6) is 0.512. The number of sulfonamides is 1. The van der Waals surface area contributed by atoms with Gasteiger partial charge in [-0.25, -0.2) is 8.42 Å². The van der Waals surface area contributed by atoms with Crippen molar-refractivity contribution in [3.05, 3.63) is 46.8 Å². The molecular weight excluding hydrogens is 380 g/mol. The smallest absolute Gasteiger partial charge is 0.229 e. The summed E-state index contributed by atoms with van der Waals surface area (Å²) in [4.78, 5) is 5.05. The molecule has 3 aromatic rings. The average Bonchev–Trinajstić information content (AvgIpc) is 3.00. The van der Waals surface area contributed by atoms with Crippen LogP contribution in [0.15, 0.2) is 41.4 Å². The molecule has 27 heavy (non-hydrogen) atoms. The number of hydrogen-bond donors (Lipinski definition) is 3. The third-order valence-corrected chi connectivity index (χ3v) is 6.28. The summed E-state index contributed by atoms with van der Waals surface area (Å²) >= 11 is 1.62. The second-order valence-electron chi connectivity index (χ2n) is 6.23. The van der Waals surface area contributed by atoms with Gasteiger partial charge in [0.25, 0.3) is 0 Å². The van der Waals surface area contributed by atoms with Crippen molar-refractivity contribution in [2.75, 3.05) is 30.4 Å². The second-order valence-corrected chi connectivity index (χ2v) is 9.00. The molecule has 0 aliphatic heterocycles. The van der Waals surface area contributed by atoms with Gasteiger partial charge in [0.15, 0.2) is 0 Å². The van der Waals surface area contributed by atoms with Crippen LogP contribution in [0.5, 0.6) is 0 Å². The number of nitrogens with two attached hydrogens (primary N) is 1. The van der Waals surface area contributed by atoms with Crippen molar-refractivity contribution >= 4 is 48.7 Å². The molecule has 1 heterocycles. The first-order valence-corrected chi connectivity index (χ1v) is 11.0. The Kier molecular flexibility index (Phi) is 5.12. The molecule has 0 aliphatic carbocycles. The Morgan fingerprint density at radius 2 is 1.81 bits per heavy atom. The normalized spacial score (nSPS) is 12.4. The van der Waals surface area contributed by atoms with Crippen molar-refractivity contribution in [3.8, 4) is 11.1 Å². The SMILES string of the molecule is CN=C(N)c1sc2c(C)c(-c3ccc(NS(C)(=O)=O)cc3)ccc2c1NC. The van der Waals surface area contributed by atoms with Crippen molar-refractivity contribution in [2.24, 2.45) is 10.7 Å². The van der Waals surface area contributed by atoms with Gasteiger partial charge >= 0.3 is 0 Å². The number of amidine groups is 1. The highest BCUT2D eigenvalue weighted by molar-refractivity contribution is 7.92. The Labute approximate surface area is 163 Å². The highest BCUT2D eigenvalue weighted by atomic mass is 32.2. The summed E-state index contributed by atoms with van der Waals surface area (Å²) in [7, 11) is 0.278. The summed E-state index contributed by atoms with van der Waals surface area (Å²) in [5.41, 5.74) is 10.9. The largest absolute Gasteiger partial charge is 0.386 e. The molecule has 0 fully saturated rings. The van der Waals surface area contributed by atoms with Crippen LogP contribution in [0, 0.1) is 6.92 Å². The predicted octanol–water partition coefficient (Wildman–Crippen LogP) is 3.63. The molecule has 6 nitrogen and oxygen atoms in total. The van der Waals surface area contributed by atoms with E-state index in [9.17, 15) is 8.42 Å². The van der Waals surface area contributed by atoms with Crippen LogP contribution < -0.4 is 15.8 Å². The fourth-order valence-corrected chi connectivity index (χ4v) is 4.89. The number of benzene rings is 2. The third-order valence-electron chi connectivity index (χ3n) is 4.33. The van der Waals surface area contributed by atoms with Crippen LogP contribution in [-0.4, -0.2) is 34.6 Å². The molecule has 0 unspecified atom stereocenters. The highest BCUT2D eigenvalue weighted by Gasteiger charge is 2.17. The molecule has 8 heteroatoms. The lowest BCUT2D eigenvalue weighted by Gasteiger charge is -2.10. The zero-order chi connectivity index (χ0) is 19.8. The van der Waals surface area contributed by atoms with Crippen LogP contribution in [0.4, 0.5) is 11.4 Å². The minimum absolute atomic E-state index is 0.512. The molecular formula is C19H22N4O2S2. The van der Waals surface area contributed by atoms with Crippen LogP contribution in [0.2, 0.25) is 0 Å². The van der Waals surface area contributed by atoms with E-state index in [1.807, 2.05) is 19.2 Å². The number of fused-ring (bicyclic) bond motifs is 1. The summed E-state index contributed by atoms with van der Waals surface area (Å²) in [5, 5.41) is 4.35. The van der Waals surface area contributed by atoms with Crippen molar-refractivity contribution in [2.45, 2.75) is 6.92 Å². The minimum Gasteiger partial charge on any atom is -0.386 e. The lowest BCUT2D eigenvalue weighted by Crippen LogP contribution is -2.12. The molecule has 1 aromatic heterocycles. The quantitative estimate of drug-likeness (QED) is 0.448. The molecule has 0 amide bonds. The summed E-state index contributed by atoms with van der Waals surface area (Å²) < 4.78 is 26.4. The summed E-state index contributed by atoms with van der Waals surface area (Å²) in [6.45, 7) is 2.08. The molecule has 0 saturated heterocycles. The first-order chi connectivity index (χ1) is 12.7. The molecule has 0 spiro atoms. The molecule has 0 saturated carbocycles. The van der Waals surface area contributed by atoms with Crippen molar-refractivity contribution < 1.29 is 8.42 Å². The highest BCUT2D eigenvalue weighted by Crippen LogP contribution is 2.40. The Balaban J connectivity index is 2.10. The van der Waals surface area contributed by atoms with E-state index in [2.05, 4.69) is 34.1 Å². The van der Waals surface area contributed by atoms with E-state index in [4.69, 9.17) is 5.73 Å². The zero-order valence-electron chi connectivity index (χ0n) is 15.6. The van der Waals surface area contributed by atoms with E-state index in [1.165, 1.54) is 0 Å². The van der Waals surface area contributed by atoms with Crippen LogP contribution in [0.1, 0.15) is 10.4 Å². The van der Waals surface area contributed by atoms with Crippen LogP contribution in [0.3, 0.4) is 0 Å². The first kappa shape index (κ1) is 19.2. The molecule has 142 valence electrons. The van der Waals surface area contributed by atoms with Gasteiger partial charge in [-0.3, -0.25) is 9.71 Å². The molecule has 0 radical (unpaired) electrons. The van der Waals surface area contributed by atoms with Crippen molar-refractivity contribution in [3.63, 3.8) is 0 Å². The molecule has 4 N–H and O–H groups in total. The number of nitrogens with one attached hydrogen (secondary N) is 2. The lowest BCUT2D eigenvalue weighted by atomic mass is 9.98. The van der Waals surface area contributed by atoms with Crippen LogP contribution >= 0.6 is 11.3 Å². The number of aliphatic imine (C=N–C) groups is 1. The van der Waals surface area contributed by atoms with E-state index >= 15 is 0 Å². The topological polar surface area (TPSA) is 96.6 Å². The molecule has 0 aliphatic rings. The van der Waals surface area contributed by atoms with Crippen molar-refractivity contribution in [1.29, 1.82) is 0 Å². The summed E-state index contributed by atoms with van der Waals surface area (Å²) in [6.07, 6.45) is 1.14. The van der Waals surface area contributed by atoms with Gasteiger partial charge in [0.2, 0.25) is 10.0 Å². The number of nitrogens with zero attached hydrogens (tertiary/aromatic N) is 1. The van der Waals surface area contributed by atoms with Gasteiger partial charge in [-0.2, -0.15) is 0 Å². The Morgan fingerprint density at radius 3 is 2.37 bits per heavy atom. The van der Waals surface area contributed by atoms with E-state index in [0.29, 0.717) is 11.5 Å². The fourth-order valence-electron chi connectivity index (χ4n) is 3.07. The number of thiophene rings is 1. The van der Waals surface area contributed by atoms with Crippen molar-refractivity contribution in [1.82, 2.24) is 0 Å². The van der Waals surface area contributed by atoms with E-state index in [0.717, 1.165) is 43.6 Å². The maximum absolute atomic E-state index is 11.4. The van der Waals surface area contributed by atoms with Crippen LogP contribution in [-0.2, 0) is 10.0 Å². The number of anilines is 2. The lowest BCUT2D eigenvalue weighted by molar-refractivity contribution is 0.607. The predicted molar refractivity (Wildman–Crippen MR) is 117 cm³/mol. The van der Waals surface area contributed by atoms with Gasteiger partial charge in [-0.05, 0) is 35.7 Å². The Bertz CT molecular complexity index is 1130. The Morgan fingerprint density at radius 1 is 1.15 bits per heavy atom. The van der Waals surface area contributed by atoms with Gasteiger partial charge in [0, 0.05) is 29.9 Å². The Hall–Kier alpha value is -2.58. The summed E-state index contributed by atoms with van der Waals surface area (Å²) in [6, 6.07) is 11.5. The van der Waals surface area contributed by atoms with Gasteiger partial charge in [0.05, 0.1) is 16.8 Å². The zero-order valence-corrected chi connectivity index (χ0v) is 17.3. The number of rotatable bonds is 5. The van der Waals surface area contributed by atoms with E-state index < -0.39 is 10.0 Å². The second kappa shape index (κ2) is 7.21. The number of hydrogen-bond acceptors (Lipinski definition) is 5. The van der Waals surface area contributed by atoms with Gasteiger partial charge < -0.3 is 11.1 Å². The molecule has 0 bridgehead atoms. The third kappa shape index (κ3) is 3.77. The minimum atomic E-state index is -3.29.